The van der Waals surface area contributed by atoms with Gasteiger partial charge in [-0.25, -0.2) is 4.79 Å². The Kier molecular flexibility index (Phi) is 4.98. The van der Waals surface area contributed by atoms with Crippen LogP contribution in [0.5, 0.6) is 5.75 Å². The number of phenolic OH excluding ortho intramolecular Hbond substituents is 1. The molecular weight excluding hydrogens is 236 g/mol. The molecule has 0 saturated heterocycles. The molecule has 0 aliphatic carbocycles. The topological polar surface area (TPSA) is 87.7 Å². The van der Waals surface area contributed by atoms with Crippen LogP contribution < -0.4 is 10.6 Å². The van der Waals surface area contributed by atoms with Gasteiger partial charge in [0.25, 0.3) is 5.91 Å². The van der Waals surface area contributed by atoms with Gasteiger partial charge in [-0.2, -0.15) is 0 Å². The molecule has 2 amide bonds. The Morgan fingerprint density at radius 3 is 2.67 bits per heavy atom. The Bertz CT molecular complexity index is 434. The molecule has 0 spiro atoms. The number of nitrogens with one attached hydrogen (secondary N) is 2. The zero-order valence-corrected chi connectivity index (χ0v) is 10.3. The molecule has 0 saturated carbocycles. The number of benzene rings is 1. The van der Waals surface area contributed by atoms with Gasteiger partial charge in [0.05, 0.1) is 5.69 Å². The minimum Gasteiger partial charge on any atom is -0.506 e. The molecule has 3 N–H and O–H groups in total. The summed E-state index contributed by atoms with van der Waals surface area (Å²) in [5.41, 5.74) is 0.227. The summed E-state index contributed by atoms with van der Waals surface area (Å²) >= 11 is 0. The normalized spacial score (nSPS) is 11.4. The molecule has 0 radical (unpaired) electrons. The first-order valence-electron chi connectivity index (χ1n) is 5.58. The van der Waals surface area contributed by atoms with Crippen LogP contribution in [0.3, 0.4) is 0 Å². The highest BCUT2D eigenvalue weighted by atomic mass is 16.6. The van der Waals surface area contributed by atoms with Crippen molar-refractivity contribution in [2.75, 3.05) is 11.9 Å². The predicted octanol–water partition coefficient (Wildman–Crippen LogP) is 1.47. The van der Waals surface area contributed by atoms with Crippen molar-refractivity contribution in [2.45, 2.75) is 20.0 Å². The van der Waals surface area contributed by atoms with E-state index in [1.165, 1.54) is 19.1 Å². The summed E-state index contributed by atoms with van der Waals surface area (Å²) in [6, 6.07) is 6.24. The Morgan fingerprint density at radius 2 is 2.06 bits per heavy atom. The molecular formula is C12H16N2O4. The van der Waals surface area contributed by atoms with Gasteiger partial charge in [-0.15, -0.1) is 0 Å². The Hall–Kier alpha value is -2.24. The lowest BCUT2D eigenvalue weighted by atomic mass is 10.3. The largest absolute Gasteiger partial charge is 0.506 e. The molecule has 98 valence electrons. The van der Waals surface area contributed by atoms with E-state index in [0.717, 1.165) is 0 Å². The van der Waals surface area contributed by atoms with Crippen LogP contribution in [0.15, 0.2) is 24.3 Å². The van der Waals surface area contributed by atoms with Crippen LogP contribution in [0.4, 0.5) is 10.5 Å². The van der Waals surface area contributed by atoms with Crippen molar-refractivity contribution < 1.29 is 19.4 Å². The number of rotatable bonds is 4. The number of para-hydroxylation sites is 2. The van der Waals surface area contributed by atoms with E-state index in [1.54, 1.807) is 19.1 Å². The third kappa shape index (κ3) is 3.97. The number of amides is 2. The van der Waals surface area contributed by atoms with Crippen LogP contribution in [0, 0.1) is 0 Å². The molecule has 0 heterocycles. The van der Waals surface area contributed by atoms with Crippen molar-refractivity contribution in [1.29, 1.82) is 0 Å². The van der Waals surface area contributed by atoms with Crippen molar-refractivity contribution in [3.8, 4) is 5.75 Å². The highest BCUT2D eigenvalue weighted by Crippen LogP contribution is 2.21. The van der Waals surface area contributed by atoms with Crippen molar-refractivity contribution >= 4 is 17.7 Å². The number of hydrogen-bond acceptors (Lipinski definition) is 4. The summed E-state index contributed by atoms with van der Waals surface area (Å²) in [4.78, 5) is 22.8. The Labute approximate surface area is 105 Å². The number of ether oxygens (including phenoxy) is 1. The van der Waals surface area contributed by atoms with Crippen molar-refractivity contribution in [3.63, 3.8) is 0 Å². The Morgan fingerprint density at radius 1 is 1.39 bits per heavy atom. The number of likely N-dealkylation sites (N-methyl/N-ethyl adjacent to an activating group) is 1. The van der Waals surface area contributed by atoms with Gasteiger partial charge >= 0.3 is 6.09 Å². The summed E-state index contributed by atoms with van der Waals surface area (Å²) in [7, 11) is 0. The minimum atomic E-state index is -0.893. The fourth-order valence-electron chi connectivity index (χ4n) is 1.25. The van der Waals surface area contributed by atoms with E-state index in [-0.39, 0.29) is 17.3 Å². The van der Waals surface area contributed by atoms with E-state index < -0.39 is 12.2 Å². The third-order valence-electron chi connectivity index (χ3n) is 2.14. The fourth-order valence-corrected chi connectivity index (χ4v) is 1.25. The molecule has 1 rings (SSSR count). The molecule has 1 aromatic rings. The molecule has 0 bridgehead atoms. The standard InChI is InChI=1S/C12H16N2O4/c1-3-13-11(16)8(2)18-12(17)14-9-6-4-5-7-10(9)15/h4-8,15H,3H2,1-2H3,(H,13,16)(H,14,17). The number of carbonyl (C=O) groups is 2. The smallest absolute Gasteiger partial charge is 0.412 e. The second-order valence-electron chi connectivity index (χ2n) is 3.58. The quantitative estimate of drug-likeness (QED) is 0.708. The summed E-state index contributed by atoms with van der Waals surface area (Å²) in [5, 5.41) is 14.3. The number of phenols is 1. The molecule has 6 nitrogen and oxygen atoms in total. The van der Waals surface area contributed by atoms with Gasteiger partial charge in [-0.3, -0.25) is 10.1 Å². The van der Waals surface area contributed by atoms with Crippen LogP contribution in [0.25, 0.3) is 0 Å². The van der Waals surface area contributed by atoms with Gasteiger partial charge in [0.2, 0.25) is 0 Å². The van der Waals surface area contributed by atoms with Gasteiger partial charge in [-0.05, 0) is 26.0 Å². The minimum absolute atomic E-state index is 0.0693. The maximum absolute atomic E-state index is 11.5. The van der Waals surface area contributed by atoms with Crippen LogP contribution in [0.1, 0.15) is 13.8 Å². The van der Waals surface area contributed by atoms with E-state index in [9.17, 15) is 14.7 Å². The lowest BCUT2D eigenvalue weighted by Crippen LogP contribution is -2.36. The molecule has 1 unspecified atom stereocenters. The average Bonchev–Trinajstić information content (AvgIpc) is 2.32. The molecule has 6 heteroatoms. The van der Waals surface area contributed by atoms with E-state index >= 15 is 0 Å². The molecule has 0 fully saturated rings. The highest BCUT2D eigenvalue weighted by Gasteiger charge is 2.17. The number of carbonyl (C=O) groups excluding carboxylic acids is 2. The Balaban J connectivity index is 2.52. The summed E-state index contributed by atoms with van der Waals surface area (Å²) in [6.45, 7) is 3.70. The van der Waals surface area contributed by atoms with Crippen LogP contribution >= 0.6 is 0 Å². The molecule has 18 heavy (non-hydrogen) atoms. The summed E-state index contributed by atoms with van der Waals surface area (Å²) in [6.07, 6.45) is -1.69. The lowest BCUT2D eigenvalue weighted by molar-refractivity contribution is -0.128. The lowest BCUT2D eigenvalue weighted by Gasteiger charge is -2.13. The van der Waals surface area contributed by atoms with E-state index in [1.807, 2.05) is 0 Å². The van der Waals surface area contributed by atoms with Crippen molar-refractivity contribution in [3.05, 3.63) is 24.3 Å². The zero-order valence-electron chi connectivity index (χ0n) is 10.3. The molecule has 1 aromatic carbocycles. The third-order valence-corrected chi connectivity index (χ3v) is 2.14. The molecule has 0 aliphatic rings. The number of aromatic hydroxyl groups is 1. The van der Waals surface area contributed by atoms with Gasteiger partial charge in [-0.1, -0.05) is 12.1 Å². The van der Waals surface area contributed by atoms with E-state index in [2.05, 4.69) is 10.6 Å². The second kappa shape index (κ2) is 6.48. The van der Waals surface area contributed by atoms with Crippen LogP contribution in [0.2, 0.25) is 0 Å². The average molecular weight is 252 g/mol. The number of anilines is 1. The van der Waals surface area contributed by atoms with Gasteiger partial charge in [0.1, 0.15) is 5.75 Å². The maximum atomic E-state index is 11.5. The predicted molar refractivity (Wildman–Crippen MR) is 66.4 cm³/mol. The molecule has 0 aromatic heterocycles. The second-order valence-corrected chi connectivity index (χ2v) is 3.58. The van der Waals surface area contributed by atoms with Gasteiger partial charge in [0.15, 0.2) is 6.10 Å². The highest BCUT2D eigenvalue weighted by molar-refractivity contribution is 5.89. The first-order chi connectivity index (χ1) is 8.54. The van der Waals surface area contributed by atoms with Crippen LogP contribution in [-0.4, -0.2) is 29.8 Å². The monoisotopic (exact) mass is 252 g/mol. The summed E-state index contributed by atoms with van der Waals surface area (Å²) in [5.74, 6) is -0.440. The van der Waals surface area contributed by atoms with E-state index in [0.29, 0.717) is 6.54 Å². The van der Waals surface area contributed by atoms with Gasteiger partial charge in [0, 0.05) is 6.54 Å². The van der Waals surface area contributed by atoms with E-state index in [4.69, 9.17) is 4.74 Å². The molecule has 1 atom stereocenters. The van der Waals surface area contributed by atoms with Crippen LogP contribution in [-0.2, 0) is 9.53 Å². The van der Waals surface area contributed by atoms with Crippen molar-refractivity contribution in [2.24, 2.45) is 0 Å². The fraction of sp³-hybridized carbons (Fsp3) is 0.333. The van der Waals surface area contributed by atoms with Crippen molar-refractivity contribution in [1.82, 2.24) is 5.32 Å². The SMILES string of the molecule is CCNC(=O)C(C)OC(=O)Nc1ccccc1O. The number of hydrogen-bond donors (Lipinski definition) is 3. The first kappa shape index (κ1) is 13.8. The first-order valence-corrected chi connectivity index (χ1v) is 5.58. The maximum Gasteiger partial charge on any atom is 0.412 e. The van der Waals surface area contributed by atoms with Gasteiger partial charge < -0.3 is 15.2 Å². The summed E-state index contributed by atoms with van der Waals surface area (Å²) < 4.78 is 4.85. The molecule has 0 aliphatic heterocycles. The zero-order chi connectivity index (χ0) is 13.5.